The summed E-state index contributed by atoms with van der Waals surface area (Å²) in [6.45, 7) is 4.92. The van der Waals surface area contributed by atoms with Crippen molar-refractivity contribution in [1.29, 1.82) is 0 Å². The number of unbranched alkanes of at least 4 members (excludes halogenated alkanes) is 59. The highest BCUT2D eigenvalue weighted by atomic mass is 16.5. The van der Waals surface area contributed by atoms with E-state index < -0.39 is 12.1 Å². The topological polar surface area (TPSA) is 95.9 Å². The van der Waals surface area contributed by atoms with Crippen LogP contribution in [0, 0.1) is 0 Å². The summed E-state index contributed by atoms with van der Waals surface area (Å²) in [4.78, 5) is 24.7. The molecule has 0 bridgehead atoms. The molecule has 0 radical (unpaired) electrons. The zero-order valence-electron chi connectivity index (χ0n) is 58.3. The van der Waals surface area contributed by atoms with Crippen LogP contribution in [0.15, 0.2) is 36.5 Å². The average molecular weight is 1210 g/mol. The fourth-order valence-corrected chi connectivity index (χ4v) is 12.4. The minimum atomic E-state index is -0.844. The Morgan fingerprint density at radius 1 is 0.326 bits per heavy atom. The molecule has 0 saturated heterocycles. The SMILES string of the molecule is CCCCC/C=C\C/C=C\CCCCCCCCCC(=O)OCCCCCCCCCCCCCCCCCCCCCCCCCCCCCCC(=O)NC(CO)C(O)/C=C/CCCCCCCCCCCCCCCCCCCCCCCC. The summed E-state index contributed by atoms with van der Waals surface area (Å²) >= 11 is 0. The van der Waals surface area contributed by atoms with E-state index in [0.717, 1.165) is 51.4 Å². The molecule has 1 amide bonds. The van der Waals surface area contributed by atoms with Crippen molar-refractivity contribution in [2.24, 2.45) is 0 Å². The first-order chi connectivity index (χ1) is 42.5. The van der Waals surface area contributed by atoms with E-state index in [1.165, 1.54) is 360 Å². The first kappa shape index (κ1) is 84.1. The van der Waals surface area contributed by atoms with Gasteiger partial charge in [-0.2, -0.15) is 0 Å². The van der Waals surface area contributed by atoms with Crippen molar-refractivity contribution >= 4 is 11.9 Å². The molecule has 508 valence electrons. The third-order valence-corrected chi connectivity index (χ3v) is 18.4. The molecule has 2 atom stereocenters. The van der Waals surface area contributed by atoms with Gasteiger partial charge in [-0.3, -0.25) is 9.59 Å². The Hall–Kier alpha value is -1.92. The van der Waals surface area contributed by atoms with Gasteiger partial charge in [0.15, 0.2) is 0 Å². The van der Waals surface area contributed by atoms with E-state index in [2.05, 4.69) is 43.5 Å². The predicted molar refractivity (Wildman–Crippen MR) is 379 cm³/mol. The number of allylic oxidation sites excluding steroid dienone is 5. The third kappa shape index (κ3) is 71.2. The highest BCUT2D eigenvalue weighted by Crippen LogP contribution is 2.20. The molecule has 2 unspecified atom stereocenters. The smallest absolute Gasteiger partial charge is 0.305 e. The molecule has 86 heavy (non-hydrogen) atoms. The van der Waals surface area contributed by atoms with E-state index >= 15 is 0 Å². The molecular formula is C80H153NO5. The number of aliphatic hydroxyl groups is 2. The van der Waals surface area contributed by atoms with E-state index in [1.807, 2.05) is 6.08 Å². The lowest BCUT2D eigenvalue weighted by atomic mass is 10.0. The van der Waals surface area contributed by atoms with Crippen molar-refractivity contribution in [3.8, 4) is 0 Å². The first-order valence-electron chi connectivity index (χ1n) is 39.3. The number of carbonyl (C=O) groups is 2. The van der Waals surface area contributed by atoms with Crippen LogP contribution in [0.1, 0.15) is 438 Å². The van der Waals surface area contributed by atoms with Crippen LogP contribution in [0.3, 0.4) is 0 Å². The van der Waals surface area contributed by atoms with E-state index in [-0.39, 0.29) is 18.5 Å². The Bertz CT molecular complexity index is 1390. The maximum absolute atomic E-state index is 12.6. The Morgan fingerprint density at radius 3 is 0.907 bits per heavy atom. The second-order valence-corrected chi connectivity index (χ2v) is 27.0. The summed E-state index contributed by atoms with van der Waals surface area (Å²) < 4.78 is 5.50. The van der Waals surface area contributed by atoms with Crippen LogP contribution in [0.4, 0.5) is 0 Å². The maximum atomic E-state index is 12.6. The molecule has 6 nitrogen and oxygen atoms in total. The molecule has 0 spiro atoms. The number of hydrogen-bond donors (Lipinski definition) is 3. The molecule has 0 saturated carbocycles. The molecule has 3 N–H and O–H groups in total. The molecule has 0 fully saturated rings. The number of rotatable bonds is 74. The summed E-state index contributed by atoms with van der Waals surface area (Å²) in [5.41, 5.74) is 0. The molecule has 6 heteroatoms. The van der Waals surface area contributed by atoms with E-state index in [1.54, 1.807) is 6.08 Å². The predicted octanol–water partition coefficient (Wildman–Crippen LogP) is 25.8. The number of hydrogen-bond acceptors (Lipinski definition) is 5. The van der Waals surface area contributed by atoms with Crippen LogP contribution in [-0.4, -0.2) is 47.4 Å². The Kier molecular flexibility index (Phi) is 73.9. The maximum Gasteiger partial charge on any atom is 0.305 e. The van der Waals surface area contributed by atoms with Gasteiger partial charge in [-0.15, -0.1) is 0 Å². The first-order valence-corrected chi connectivity index (χ1v) is 39.3. The van der Waals surface area contributed by atoms with Crippen LogP contribution in [0.5, 0.6) is 0 Å². The number of esters is 1. The van der Waals surface area contributed by atoms with E-state index in [9.17, 15) is 19.8 Å². The Balaban J connectivity index is 3.37. The quantitative estimate of drug-likeness (QED) is 0.0320. The molecule has 0 aliphatic rings. The fraction of sp³-hybridized carbons (Fsp3) is 0.900. The fourth-order valence-electron chi connectivity index (χ4n) is 12.4. The zero-order valence-corrected chi connectivity index (χ0v) is 58.3. The molecule has 0 aromatic carbocycles. The number of amides is 1. The van der Waals surface area contributed by atoms with Crippen LogP contribution in [-0.2, 0) is 14.3 Å². The normalized spacial score (nSPS) is 12.7. The molecule has 0 heterocycles. The minimum absolute atomic E-state index is 0.0115. The van der Waals surface area contributed by atoms with Gasteiger partial charge in [-0.05, 0) is 64.2 Å². The van der Waals surface area contributed by atoms with Gasteiger partial charge in [-0.25, -0.2) is 0 Å². The molecule has 0 aromatic rings. The minimum Gasteiger partial charge on any atom is -0.466 e. The van der Waals surface area contributed by atoms with Gasteiger partial charge in [0.1, 0.15) is 0 Å². The van der Waals surface area contributed by atoms with Crippen molar-refractivity contribution < 1.29 is 24.5 Å². The summed E-state index contributed by atoms with van der Waals surface area (Å²) in [6.07, 6.45) is 98.3. The standard InChI is InChI=1S/C80H153NO5/c1-3-5-7-9-11-13-15-17-19-21-22-23-24-31-34-37-41-44-48-52-56-60-64-68-72-78(83)77(76-82)81-79(84)73-69-65-61-57-53-49-45-42-38-35-32-29-27-25-26-28-30-33-36-39-43-47-51-55-59-63-67-71-75-86-80(85)74-70-66-62-58-54-50-46-40-20-18-16-14-12-10-8-6-4-2/h12,14,18,20,68,72,77-78,82-83H,3-11,13,15-17,19,21-67,69-71,73-76H2,1-2H3,(H,81,84)/b14-12-,20-18-,72-68+. The Morgan fingerprint density at radius 2 is 0.581 bits per heavy atom. The van der Waals surface area contributed by atoms with E-state index in [4.69, 9.17) is 4.74 Å². The molecule has 0 aromatic heterocycles. The number of carbonyl (C=O) groups excluding carboxylic acids is 2. The lowest BCUT2D eigenvalue weighted by Crippen LogP contribution is -2.45. The van der Waals surface area contributed by atoms with Gasteiger partial charge in [0.2, 0.25) is 5.91 Å². The van der Waals surface area contributed by atoms with Crippen molar-refractivity contribution in [2.75, 3.05) is 13.2 Å². The summed E-state index contributed by atoms with van der Waals surface area (Å²) in [5, 5.41) is 23.3. The van der Waals surface area contributed by atoms with Crippen LogP contribution in [0.2, 0.25) is 0 Å². The number of nitrogens with one attached hydrogen (secondary N) is 1. The number of ether oxygens (including phenoxy) is 1. The van der Waals surface area contributed by atoms with Gasteiger partial charge in [-0.1, -0.05) is 397 Å². The van der Waals surface area contributed by atoms with E-state index in [0.29, 0.717) is 19.4 Å². The van der Waals surface area contributed by atoms with Crippen molar-refractivity contribution in [2.45, 2.75) is 450 Å². The lowest BCUT2D eigenvalue weighted by Gasteiger charge is -2.20. The van der Waals surface area contributed by atoms with Gasteiger partial charge in [0.05, 0.1) is 25.4 Å². The average Bonchev–Trinajstić information content (AvgIpc) is 3.53. The van der Waals surface area contributed by atoms with Crippen molar-refractivity contribution in [3.63, 3.8) is 0 Å². The monoisotopic (exact) mass is 1210 g/mol. The largest absolute Gasteiger partial charge is 0.466 e. The molecule has 0 rings (SSSR count). The summed E-state index contributed by atoms with van der Waals surface area (Å²) in [6, 6.07) is -0.627. The molecule has 0 aliphatic carbocycles. The third-order valence-electron chi connectivity index (χ3n) is 18.4. The zero-order chi connectivity index (χ0) is 62.0. The highest BCUT2D eigenvalue weighted by molar-refractivity contribution is 5.76. The lowest BCUT2D eigenvalue weighted by molar-refractivity contribution is -0.143. The highest BCUT2D eigenvalue weighted by Gasteiger charge is 2.18. The second kappa shape index (κ2) is 75.5. The number of aliphatic hydroxyl groups excluding tert-OH is 2. The van der Waals surface area contributed by atoms with Crippen molar-refractivity contribution in [3.05, 3.63) is 36.5 Å². The van der Waals surface area contributed by atoms with Crippen LogP contribution in [0.25, 0.3) is 0 Å². The summed E-state index contributed by atoms with van der Waals surface area (Å²) in [7, 11) is 0. The molecular weight excluding hydrogens is 1050 g/mol. The summed E-state index contributed by atoms with van der Waals surface area (Å²) in [5.74, 6) is -0.0485. The van der Waals surface area contributed by atoms with Crippen LogP contribution < -0.4 is 5.32 Å². The molecule has 0 aliphatic heterocycles. The Labute approximate surface area is 538 Å². The van der Waals surface area contributed by atoms with Crippen LogP contribution >= 0.6 is 0 Å². The van der Waals surface area contributed by atoms with Gasteiger partial charge >= 0.3 is 5.97 Å². The van der Waals surface area contributed by atoms with Crippen molar-refractivity contribution in [1.82, 2.24) is 5.32 Å². The second-order valence-electron chi connectivity index (χ2n) is 27.0. The van der Waals surface area contributed by atoms with Gasteiger partial charge in [0, 0.05) is 12.8 Å². The van der Waals surface area contributed by atoms with Gasteiger partial charge < -0.3 is 20.3 Å². The van der Waals surface area contributed by atoms with Gasteiger partial charge in [0.25, 0.3) is 0 Å².